The summed E-state index contributed by atoms with van der Waals surface area (Å²) in [4.78, 5) is 20.6. The average Bonchev–Trinajstić information content (AvgIpc) is 2.38. The van der Waals surface area contributed by atoms with Crippen LogP contribution >= 0.6 is 0 Å². The Hall–Kier alpha value is -1.25. The minimum absolute atomic E-state index is 0.183. The van der Waals surface area contributed by atoms with Crippen molar-refractivity contribution in [2.75, 3.05) is 0 Å². The lowest BCUT2D eigenvalue weighted by Gasteiger charge is -2.27. The molecule has 1 aromatic rings. The molecule has 2 unspecified atom stereocenters. The molecule has 0 amide bonds. The van der Waals surface area contributed by atoms with Gasteiger partial charge in [0.1, 0.15) is 11.5 Å². The van der Waals surface area contributed by atoms with Crippen molar-refractivity contribution in [2.45, 2.75) is 46.0 Å². The first-order valence-corrected chi connectivity index (χ1v) is 6.54. The highest BCUT2D eigenvalue weighted by Crippen LogP contribution is 2.32. The Bertz CT molecular complexity index is 403. The molecule has 1 aromatic heterocycles. The SMILES string of the molecule is CCC1CCCC(C(=O)c2ccnc(C)n2)C1. The van der Waals surface area contributed by atoms with Gasteiger partial charge in [-0.05, 0) is 31.7 Å². The zero-order valence-electron chi connectivity index (χ0n) is 10.6. The predicted molar refractivity (Wildman–Crippen MR) is 66.8 cm³/mol. The molecular formula is C14H20N2O. The van der Waals surface area contributed by atoms with E-state index in [-0.39, 0.29) is 11.7 Å². The monoisotopic (exact) mass is 232 g/mol. The van der Waals surface area contributed by atoms with E-state index in [1.54, 1.807) is 12.3 Å². The third-order valence-corrected chi connectivity index (χ3v) is 3.76. The van der Waals surface area contributed by atoms with Crippen molar-refractivity contribution in [3.8, 4) is 0 Å². The molecule has 0 N–H and O–H groups in total. The van der Waals surface area contributed by atoms with Gasteiger partial charge in [-0.15, -0.1) is 0 Å². The largest absolute Gasteiger partial charge is 0.292 e. The van der Waals surface area contributed by atoms with Gasteiger partial charge in [-0.2, -0.15) is 0 Å². The molecule has 0 saturated heterocycles. The summed E-state index contributed by atoms with van der Waals surface area (Å²) in [6.07, 6.45) is 7.39. The molecule has 1 heterocycles. The Morgan fingerprint density at radius 1 is 1.47 bits per heavy atom. The number of Topliss-reactive ketones (excluding diaryl/α,β-unsaturated/α-hetero) is 1. The zero-order valence-corrected chi connectivity index (χ0v) is 10.6. The van der Waals surface area contributed by atoms with E-state index in [1.165, 1.54) is 19.3 Å². The first kappa shape index (κ1) is 12.2. The van der Waals surface area contributed by atoms with Crippen molar-refractivity contribution in [1.29, 1.82) is 0 Å². The highest BCUT2D eigenvalue weighted by molar-refractivity contribution is 5.96. The molecule has 17 heavy (non-hydrogen) atoms. The second-order valence-corrected chi connectivity index (χ2v) is 4.99. The van der Waals surface area contributed by atoms with E-state index in [1.807, 2.05) is 6.92 Å². The van der Waals surface area contributed by atoms with Gasteiger partial charge < -0.3 is 0 Å². The molecule has 1 aliphatic carbocycles. The van der Waals surface area contributed by atoms with Crippen molar-refractivity contribution in [3.63, 3.8) is 0 Å². The molecule has 2 rings (SSSR count). The molecule has 3 nitrogen and oxygen atoms in total. The number of carbonyl (C=O) groups excluding carboxylic acids is 1. The van der Waals surface area contributed by atoms with Gasteiger partial charge >= 0.3 is 0 Å². The minimum Gasteiger partial charge on any atom is -0.292 e. The summed E-state index contributed by atoms with van der Waals surface area (Å²) in [5, 5.41) is 0. The molecule has 0 aromatic carbocycles. The lowest BCUT2D eigenvalue weighted by atomic mass is 9.78. The van der Waals surface area contributed by atoms with Crippen LogP contribution in [0.25, 0.3) is 0 Å². The van der Waals surface area contributed by atoms with E-state index in [9.17, 15) is 4.79 Å². The van der Waals surface area contributed by atoms with Gasteiger partial charge in [-0.25, -0.2) is 9.97 Å². The number of ketones is 1. The smallest absolute Gasteiger partial charge is 0.184 e. The summed E-state index contributed by atoms with van der Waals surface area (Å²) < 4.78 is 0. The Morgan fingerprint density at radius 3 is 3.00 bits per heavy atom. The maximum absolute atomic E-state index is 12.3. The fourth-order valence-corrected chi connectivity index (χ4v) is 2.70. The van der Waals surface area contributed by atoms with E-state index < -0.39 is 0 Å². The van der Waals surface area contributed by atoms with E-state index in [2.05, 4.69) is 16.9 Å². The number of nitrogens with zero attached hydrogens (tertiary/aromatic N) is 2. The summed E-state index contributed by atoms with van der Waals surface area (Å²) in [6, 6.07) is 1.74. The Balaban J connectivity index is 2.09. The number of carbonyl (C=O) groups is 1. The van der Waals surface area contributed by atoms with Crippen LogP contribution in [0.3, 0.4) is 0 Å². The van der Waals surface area contributed by atoms with Crippen LogP contribution in [0.4, 0.5) is 0 Å². The average molecular weight is 232 g/mol. The van der Waals surface area contributed by atoms with Crippen molar-refractivity contribution >= 4 is 5.78 Å². The molecule has 92 valence electrons. The van der Waals surface area contributed by atoms with Gasteiger partial charge in [0.05, 0.1) is 0 Å². The molecule has 1 saturated carbocycles. The normalized spacial score (nSPS) is 24.6. The third kappa shape index (κ3) is 2.90. The molecule has 0 radical (unpaired) electrons. The van der Waals surface area contributed by atoms with Crippen molar-refractivity contribution in [1.82, 2.24) is 9.97 Å². The second-order valence-electron chi connectivity index (χ2n) is 4.99. The fourth-order valence-electron chi connectivity index (χ4n) is 2.70. The van der Waals surface area contributed by atoms with Crippen LogP contribution in [0.2, 0.25) is 0 Å². The molecule has 1 aliphatic rings. The van der Waals surface area contributed by atoms with E-state index in [0.717, 1.165) is 18.8 Å². The fraction of sp³-hybridized carbons (Fsp3) is 0.643. The van der Waals surface area contributed by atoms with Gasteiger partial charge in [0.25, 0.3) is 0 Å². The molecule has 0 aliphatic heterocycles. The molecule has 1 fully saturated rings. The second kappa shape index (κ2) is 5.39. The summed E-state index contributed by atoms with van der Waals surface area (Å²) in [7, 11) is 0. The van der Waals surface area contributed by atoms with Crippen LogP contribution in [0, 0.1) is 18.8 Å². The van der Waals surface area contributed by atoms with Crippen LogP contribution in [-0.2, 0) is 0 Å². The highest BCUT2D eigenvalue weighted by atomic mass is 16.1. The Labute approximate surface area is 103 Å². The van der Waals surface area contributed by atoms with Crippen LogP contribution < -0.4 is 0 Å². The van der Waals surface area contributed by atoms with Crippen molar-refractivity contribution in [3.05, 3.63) is 23.8 Å². The van der Waals surface area contributed by atoms with Gasteiger partial charge in [0.2, 0.25) is 0 Å². The third-order valence-electron chi connectivity index (χ3n) is 3.76. The standard InChI is InChI=1S/C14H20N2O/c1-3-11-5-4-6-12(9-11)14(17)13-7-8-15-10(2)16-13/h7-8,11-12H,3-6,9H2,1-2H3. The number of hydrogen-bond acceptors (Lipinski definition) is 3. The lowest BCUT2D eigenvalue weighted by molar-refractivity contribution is 0.0856. The molecule has 2 atom stereocenters. The van der Waals surface area contributed by atoms with Crippen LogP contribution in [0.15, 0.2) is 12.3 Å². The molecular weight excluding hydrogens is 212 g/mol. The number of aromatic nitrogens is 2. The van der Waals surface area contributed by atoms with Crippen LogP contribution in [0.5, 0.6) is 0 Å². The molecule has 0 bridgehead atoms. The van der Waals surface area contributed by atoms with E-state index in [0.29, 0.717) is 11.5 Å². The molecule has 3 heteroatoms. The first-order valence-electron chi connectivity index (χ1n) is 6.54. The lowest BCUT2D eigenvalue weighted by Crippen LogP contribution is -2.23. The van der Waals surface area contributed by atoms with Gasteiger partial charge in [-0.1, -0.05) is 26.2 Å². The maximum atomic E-state index is 12.3. The van der Waals surface area contributed by atoms with Gasteiger partial charge in [0, 0.05) is 12.1 Å². The predicted octanol–water partition coefficient (Wildman–Crippen LogP) is 3.18. The quantitative estimate of drug-likeness (QED) is 0.752. The van der Waals surface area contributed by atoms with Crippen molar-refractivity contribution in [2.24, 2.45) is 11.8 Å². The number of hydrogen-bond donors (Lipinski definition) is 0. The first-order chi connectivity index (χ1) is 8.20. The van der Waals surface area contributed by atoms with E-state index in [4.69, 9.17) is 0 Å². The van der Waals surface area contributed by atoms with Crippen LogP contribution in [-0.4, -0.2) is 15.8 Å². The van der Waals surface area contributed by atoms with Gasteiger partial charge in [0.15, 0.2) is 5.78 Å². The summed E-state index contributed by atoms with van der Waals surface area (Å²) in [5.41, 5.74) is 0.597. The topological polar surface area (TPSA) is 42.9 Å². The Morgan fingerprint density at radius 2 is 2.29 bits per heavy atom. The Kier molecular flexibility index (Phi) is 3.87. The number of aryl methyl sites for hydroxylation is 1. The summed E-state index contributed by atoms with van der Waals surface area (Å²) in [5.74, 6) is 1.80. The van der Waals surface area contributed by atoms with Crippen LogP contribution in [0.1, 0.15) is 55.3 Å². The highest BCUT2D eigenvalue weighted by Gasteiger charge is 2.27. The van der Waals surface area contributed by atoms with Gasteiger partial charge in [-0.3, -0.25) is 4.79 Å². The summed E-state index contributed by atoms with van der Waals surface area (Å²) in [6.45, 7) is 4.04. The molecule has 0 spiro atoms. The van der Waals surface area contributed by atoms with Crippen molar-refractivity contribution < 1.29 is 4.79 Å². The number of rotatable bonds is 3. The maximum Gasteiger partial charge on any atom is 0.184 e. The van der Waals surface area contributed by atoms with E-state index >= 15 is 0 Å². The minimum atomic E-state index is 0.183. The zero-order chi connectivity index (χ0) is 12.3. The summed E-state index contributed by atoms with van der Waals surface area (Å²) >= 11 is 0.